The first-order valence-corrected chi connectivity index (χ1v) is 11.6. The van der Waals surface area contributed by atoms with Gasteiger partial charge in [0.15, 0.2) is 5.96 Å². The lowest BCUT2D eigenvalue weighted by molar-refractivity contribution is -0.129. The quantitative estimate of drug-likeness (QED) is 0.249. The lowest BCUT2D eigenvalue weighted by Gasteiger charge is -2.27. The highest BCUT2D eigenvalue weighted by Crippen LogP contribution is 2.31. The molecule has 1 aliphatic carbocycles. The summed E-state index contributed by atoms with van der Waals surface area (Å²) >= 11 is 0. The van der Waals surface area contributed by atoms with Crippen LogP contribution in [0.2, 0.25) is 0 Å². The summed E-state index contributed by atoms with van der Waals surface area (Å²) in [6.07, 6.45) is 6.20. The van der Waals surface area contributed by atoms with Crippen molar-refractivity contribution in [3.05, 3.63) is 29.3 Å². The molecule has 1 heterocycles. The second-order valence-electron chi connectivity index (χ2n) is 8.53. The van der Waals surface area contributed by atoms with E-state index < -0.39 is 0 Å². The zero-order valence-corrected chi connectivity index (χ0v) is 21.6. The van der Waals surface area contributed by atoms with E-state index in [2.05, 4.69) is 54.5 Å². The number of carbonyl (C=O) groups is 1. The molecule has 2 aliphatic rings. The van der Waals surface area contributed by atoms with Crippen LogP contribution in [0.5, 0.6) is 5.75 Å². The standard InChI is InChI=1S/C24H38N4O2.HI/c1-4-21(28-14-6-7-23(28)29)12-13-26-24(25-5-2)27-16-20-11-8-18(3)15-22(20)30-17-19-9-10-19;/h8,11,15,19,21H,4-7,9-10,12-14,16-17H2,1-3H3,(H2,25,26,27);1H. The molecule has 2 N–H and O–H groups in total. The Morgan fingerprint density at radius 1 is 1.29 bits per heavy atom. The third kappa shape index (κ3) is 8.16. The van der Waals surface area contributed by atoms with E-state index in [9.17, 15) is 4.79 Å². The van der Waals surface area contributed by atoms with Crippen LogP contribution in [0.3, 0.4) is 0 Å². The lowest BCUT2D eigenvalue weighted by atomic mass is 10.1. The number of amides is 1. The molecule has 1 atom stereocenters. The van der Waals surface area contributed by atoms with Crippen molar-refractivity contribution in [1.29, 1.82) is 0 Å². The van der Waals surface area contributed by atoms with Crippen LogP contribution in [0.15, 0.2) is 23.2 Å². The third-order valence-corrected chi connectivity index (χ3v) is 5.94. The predicted molar refractivity (Wildman–Crippen MR) is 137 cm³/mol. The monoisotopic (exact) mass is 542 g/mol. The summed E-state index contributed by atoms with van der Waals surface area (Å²) in [5.74, 6) is 2.81. The topological polar surface area (TPSA) is 66.0 Å². The first-order valence-electron chi connectivity index (χ1n) is 11.6. The molecule has 7 heteroatoms. The van der Waals surface area contributed by atoms with E-state index in [1.807, 2.05) is 0 Å². The van der Waals surface area contributed by atoms with Crippen LogP contribution in [-0.4, -0.2) is 49.0 Å². The molecule has 1 unspecified atom stereocenters. The molecule has 1 saturated carbocycles. The lowest BCUT2D eigenvalue weighted by Crippen LogP contribution is -2.42. The van der Waals surface area contributed by atoms with E-state index in [0.717, 1.165) is 68.7 Å². The van der Waals surface area contributed by atoms with Gasteiger partial charge in [-0.15, -0.1) is 24.0 Å². The van der Waals surface area contributed by atoms with Gasteiger partial charge in [-0.2, -0.15) is 0 Å². The summed E-state index contributed by atoms with van der Waals surface area (Å²) in [6.45, 7) is 10.2. The number of ether oxygens (including phenoxy) is 1. The van der Waals surface area contributed by atoms with Gasteiger partial charge in [-0.3, -0.25) is 4.79 Å². The van der Waals surface area contributed by atoms with Crippen LogP contribution in [0.1, 0.15) is 63.5 Å². The minimum atomic E-state index is 0. The Bertz CT molecular complexity index is 736. The Balaban J connectivity index is 0.00000341. The molecule has 174 valence electrons. The highest BCUT2D eigenvalue weighted by Gasteiger charge is 2.26. The summed E-state index contributed by atoms with van der Waals surface area (Å²) in [4.78, 5) is 18.9. The number of hydrogen-bond donors (Lipinski definition) is 2. The van der Waals surface area contributed by atoms with E-state index in [0.29, 0.717) is 24.9 Å². The van der Waals surface area contributed by atoms with E-state index in [-0.39, 0.29) is 24.0 Å². The minimum Gasteiger partial charge on any atom is -0.493 e. The number of halogens is 1. The van der Waals surface area contributed by atoms with E-state index in [1.54, 1.807) is 0 Å². The number of hydrogen-bond acceptors (Lipinski definition) is 3. The van der Waals surface area contributed by atoms with Crippen molar-refractivity contribution in [3.63, 3.8) is 0 Å². The molecule has 6 nitrogen and oxygen atoms in total. The Morgan fingerprint density at radius 3 is 2.74 bits per heavy atom. The second kappa shape index (κ2) is 13.1. The average Bonchev–Trinajstić information content (AvgIpc) is 3.48. The van der Waals surface area contributed by atoms with Gasteiger partial charge in [0.2, 0.25) is 5.91 Å². The summed E-state index contributed by atoms with van der Waals surface area (Å²) < 4.78 is 6.08. The van der Waals surface area contributed by atoms with Gasteiger partial charge in [-0.05, 0) is 63.5 Å². The molecule has 1 aliphatic heterocycles. The van der Waals surface area contributed by atoms with Gasteiger partial charge in [0.25, 0.3) is 0 Å². The van der Waals surface area contributed by atoms with E-state index in [1.165, 1.54) is 18.4 Å². The van der Waals surface area contributed by atoms with Crippen LogP contribution < -0.4 is 15.4 Å². The normalized spacial score (nSPS) is 17.3. The van der Waals surface area contributed by atoms with Crippen molar-refractivity contribution < 1.29 is 9.53 Å². The number of aryl methyl sites for hydroxylation is 1. The van der Waals surface area contributed by atoms with Crippen molar-refractivity contribution >= 4 is 35.8 Å². The molecule has 0 spiro atoms. The second-order valence-corrected chi connectivity index (χ2v) is 8.53. The Morgan fingerprint density at radius 2 is 2.10 bits per heavy atom. The average molecular weight is 543 g/mol. The van der Waals surface area contributed by atoms with Gasteiger partial charge in [0.05, 0.1) is 13.2 Å². The molecule has 1 amide bonds. The van der Waals surface area contributed by atoms with Crippen LogP contribution >= 0.6 is 24.0 Å². The van der Waals surface area contributed by atoms with Gasteiger partial charge in [-0.1, -0.05) is 19.1 Å². The summed E-state index contributed by atoms with van der Waals surface area (Å²) in [5, 5.41) is 6.78. The van der Waals surface area contributed by atoms with Crippen LogP contribution in [0.4, 0.5) is 0 Å². The van der Waals surface area contributed by atoms with Crippen molar-refractivity contribution in [3.8, 4) is 5.75 Å². The fourth-order valence-corrected chi connectivity index (χ4v) is 3.92. The molecule has 2 fully saturated rings. The molecule has 3 rings (SSSR count). The van der Waals surface area contributed by atoms with Crippen molar-refractivity contribution in [2.75, 3.05) is 26.2 Å². The summed E-state index contributed by atoms with van der Waals surface area (Å²) in [7, 11) is 0. The van der Waals surface area contributed by atoms with Gasteiger partial charge in [0, 0.05) is 37.7 Å². The van der Waals surface area contributed by atoms with E-state index in [4.69, 9.17) is 9.73 Å². The number of likely N-dealkylation sites (tertiary alicyclic amines) is 1. The fourth-order valence-electron chi connectivity index (χ4n) is 3.92. The Labute approximate surface area is 204 Å². The van der Waals surface area contributed by atoms with Crippen molar-refractivity contribution in [1.82, 2.24) is 15.5 Å². The minimum absolute atomic E-state index is 0. The molecule has 1 aromatic rings. The molecular formula is C24H39IN4O2. The molecule has 1 aromatic carbocycles. The van der Waals surface area contributed by atoms with Crippen LogP contribution in [0, 0.1) is 12.8 Å². The maximum atomic E-state index is 12.0. The Kier molecular flexibility index (Phi) is 10.9. The number of guanidine groups is 1. The van der Waals surface area contributed by atoms with Crippen LogP contribution in [-0.2, 0) is 11.3 Å². The molecule has 31 heavy (non-hydrogen) atoms. The molecular weight excluding hydrogens is 503 g/mol. The number of benzene rings is 1. The van der Waals surface area contributed by atoms with Gasteiger partial charge < -0.3 is 20.3 Å². The number of carbonyl (C=O) groups excluding carboxylic acids is 1. The maximum absolute atomic E-state index is 12.0. The fraction of sp³-hybridized carbons (Fsp3) is 0.667. The molecule has 0 bridgehead atoms. The number of nitrogens with zero attached hydrogens (tertiary/aromatic N) is 2. The van der Waals surface area contributed by atoms with Gasteiger partial charge in [0.1, 0.15) is 5.75 Å². The van der Waals surface area contributed by atoms with Gasteiger partial charge in [-0.25, -0.2) is 4.99 Å². The highest BCUT2D eigenvalue weighted by atomic mass is 127. The largest absolute Gasteiger partial charge is 0.493 e. The number of aliphatic imine (C=N–C) groups is 1. The zero-order chi connectivity index (χ0) is 21.3. The maximum Gasteiger partial charge on any atom is 0.222 e. The van der Waals surface area contributed by atoms with Crippen molar-refractivity contribution in [2.45, 2.75) is 71.9 Å². The molecule has 0 radical (unpaired) electrons. The Hall–Kier alpha value is -1.51. The third-order valence-electron chi connectivity index (χ3n) is 5.94. The summed E-state index contributed by atoms with van der Waals surface area (Å²) in [6, 6.07) is 6.67. The zero-order valence-electron chi connectivity index (χ0n) is 19.3. The summed E-state index contributed by atoms with van der Waals surface area (Å²) in [5.41, 5.74) is 2.33. The van der Waals surface area contributed by atoms with E-state index >= 15 is 0 Å². The van der Waals surface area contributed by atoms with Gasteiger partial charge >= 0.3 is 0 Å². The predicted octanol–water partition coefficient (Wildman–Crippen LogP) is 4.25. The van der Waals surface area contributed by atoms with Crippen molar-refractivity contribution in [2.24, 2.45) is 10.9 Å². The number of nitrogens with one attached hydrogen (secondary N) is 2. The smallest absolute Gasteiger partial charge is 0.222 e. The highest BCUT2D eigenvalue weighted by molar-refractivity contribution is 14.0. The molecule has 0 aromatic heterocycles. The first-order chi connectivity index (χ1) is 14.6. The van der Waals surface area contributed by atoms with Crippen LogP contribution in [0.25, 0.3) is 0 Å². The first kappa shape index (κ1) is 25.7. The number of rotatable bonds is 11. The molecule has 1 saturated heterocycles. The SMILES string of the molecule is CCNC(=NCc1ccc(C)cc1OCC1CC1)NCCC(CC)N1CCCC1=O.I.